The summed E-state index contributed by atoms with van der Waals surface area (Å²) in [5.41, 5.74) is 1.13. The van der Waals surface area contributed by atoms with Crippen LogP contribution in [-0.2, 0) is 21.1 Å². The van der Waals surface area contributed by atoms with Crippen LogP contribution in [0.15, 0.2) is 18.2 Å². The summed E-state index contributed by atoms with van der Waals surface area (Å²) in [7, 11) is -0.172. The van der Waals surface area contributed by atoms with Crippen LogP contribution in [-0.4, -0.2) is 58.6 Å². The zero-order valence-corrected chi connectivity index (χ0v) is 14.3. The molecule has 0 amide bonds. The van der Waals surface area contributed by atoms with Crippen molar-refractivity contribution in [1.29, 1.82) is 0 Å². The molecule has 7 heteroatoms. The van der Waals surface area contributed by atoms with Crippen molar-refractivity contribution in [3.63, 3.8) is 0 Å². The van der Waals surface area contributed by atoms with Crippen LogP contribution < -0.4 is 4.74 Å². The van der Waals surface area contributed by atoms with Gasteiger partial charge in [-0.3, -0.25) is 4.90 Å². The van der Waals surface area contributed by atoms with E-state index in [1.165, 1.54) is 20.5 Å². The Morgan fingerprint density at radius 2 is 1.95 bits per heavy atom. The highest BCUT2D eigenvalue weighted by Crippen LogP contribution is 2.24. The zero-order chi connectivity index (χ0) is 16.8. The standard InChI is InChI=1S/C15H23NO5S/c1-5-16(9-10-22(4,18)19)11-13-12(15(17)21-3)7-6-8-14(13)20-2/h6-8H,5,9-11H2,1-4H3. The Morgan fingerprint density at radius 1 is 1.27 bits per heavy atom. The van der Waals surface area contributed by atoms with Crippen LogP contribution in [0.4, 0.5) is 0 Å². The Kier molecular flexibility index (Phi) is 6.83. The monoisotopic (exact) mass is 329 g/mol. The van der Waals surface area contributed by atoms with Crippen LogP contribution in [0.25, 0.3) is 0 Å². The molecule has 22 heavy (non-hydrogen) atoms. The fraction of sp³-hybridized carbons (Fsp3) is 0.533. The van der Waals surface area contributed by atoms with E-state index >= 15 is 0 Å². The lowest BCUT2D eigenvalue weighted by Crippen LogP contribution is -2.29. The average Bonchev–Trinajstić information content (AvgIpc) is 2.49. The number of carbonyl (C=O) groups excluding carboxylic acids is 1. The number of carbonyl (C=O) groups is 1. The molecule has 0 unspecified atom stereocenters. The molecule has 0 aliphatic rings. The minimum atomic E-state index is -3.03. The van der Waals surface area contributed by atoms with Gasteiger partial charge in [0.05, 0.1) is 25.5 Å². The third-order valence-electron chi connectivity index (χ3n) is 3.37. The number of sulfone groups is 1. The van der Waals surface area contributed by atoms with Crippen molar-refractivity contribution >= 4 is 15.8 Å². The van der Waals surface area contributed by atoms with Crippen LogP contribution in [0.1, 0.15) is 22.8 Å². The highest BCUT2D eigenvalue weighted by molar-refractivity contribution is 7.90. The van der Waals surface area contributed by atoms with Gasteiger partial charge in [0.25, 0.3) is 0 Å². The molecule has 124 valence electrons. The largest absolute Gasteiger partial charge is 0.496 e. The molecule has 0 saturated carbocycles. The van der Waals surface area contributed by atoms with Gasteiger partial charge in [-0.1, -0.05) is 13.0 Å². The first-order valence-electron chi connectivity index (χ1n) is 6.96. The number of hydrogen-bond acceptors (Lipinski definition) is 6. The lowest BCUT2D eigenvalue weighted by molar-refractivity contribution is 0.0597. The topological polar surface area (TPSA) is 72.9 Å². The van der Waals surface area contributed by atoms with Crippen molar-refractivity contribution < 1.29 is 22.7 Å². The molecule has 0 saturated heterocycles. The van der Waals surface area contributed by atoms with Gasteiger partial charge in [0.1, 0.15) is 15.6 Å². The molecular weight excluding hydrogens is 306 g/mol. The van der Waals surface area contributed by atoms with Crippen LogP contribution in [0.3, 0.4) is 0 Å². The van der Waals surface area contributed by atoms with E-state index in [1.54, 1.807) is 18.2 Å². The first kappa shape index (κ1) is 18.4. The second-order valence-corrected chi connectivity index (χ2v) is 7.24. The Hall–Kier alpha value is -1.60. The molecule has 0 aromatic heterocycles. The van der Waals surface area contributed by atoms with Gasteiger partial charge in [0.2, 0.25) is 0 Å². The number of benzene rings is 1. The van der Waals surface area contributed by atoms with Crippen LogP contribution in [0.5, 0.6) is 5.75 Å². The SMILES string of the molecule is CCN(CCS(C)(=O)=O)Cc1c(OC)cccc1C(=O)OC. The molecule has 0 fully saturated rings. The molecule has 0 bridgehead atoms. The highest BCUT2D eigenvalue weighted by Gasteiger charge is 2.18. The Balaban J connectivity index is 3.05. The van der Waals surface area contributed by atoms with Crippen molar-refractivity contribution in [2.24, 2.45) is 0 Å². The molecule has 1 rings (SSSR count). The molecule has 1 aromatic rings. The summed E-state index contributed by atoms with van der Waals surface area (Å²) in [5.74, 6) is 0.220. The van der Waals surface area contributed by atoms with Crippen LogP contribution in [0, 0.1) is 0 Å². The summed E-state index contributed by atoms with van der Waals surface area (Å²) in [6.07, 6.45) is 1.21. The third kappa shape index (κ3) is 5.31. The fourth-order valence-electron chi connectivity index (χ4n) is 2.09. The molecule has 0 aliphatic heterocycles. The Morgan fingerprint density at radius 3 is 2.45 bits per heavy atom. The molecule has 0 atom stereocenters. The molecule has 0 spiro atoms. The molecule has 6 nitrogen and oxygen atoms in total. The average molecular weight is 329 g/mol. The van der Waals surface area contributed by atoms with Crippen molar-refractivity contribution in [2.75, 3.05) is 39.3 Å². The summed E-state index contributed by atoms with van der Waals surface area (Å²) in [4.78, 5) is 13.8. The van der Waals surface area contributed by atoms with Gasteiger partial charge in [-0.15, -0.1) is 0 Å². The molecule has 0 aliphatic carbocycles. The maximum Gasteiger partial charge on any atom is 0.338 e. The van der Waals surface area contributed by atoms with Crippen LogP contribution in [0.2, 0.25) is 0 Å². The fourth-order valence-corrected chi connectivity index (χ4v) is 2.68. The molecule has 0 radical (unpaired) electrons. The number of rotatable bonds is 8. The van der Waals surface area contributed by atoms with Crippen molar-refractivity contribution in [3.8, 4) is 5.75 Å². The first-order valence-corrected chi connectivity index (χ1v) is 9.02. The van der Waals surface area contributed by atoms with Gasteiger partial charge in [0, 0.05) is 24.9 Å². The molecule has 1 aromatic carbocycles. The van der Waals surface area contributed by atoms with E-state index in [0.717, 1.165) is 0 Å². The Bertz CT molecular complexity index is 612. The molecular formula is C15H23NO5S. The van der Waals surface area contributed by atoms with E-state index in [1.807, 2.05) is 11.8 Å². The van der Waals surface area contributed by atoms with E-state index in [0.29, 0.717) is 36.5 Å². The normalized spacial score (nSPS) is 11.5. The van der Waals surface area contributed by atoms with Gasteiger partial charge in [-0.2, -0.15) is 0 Å². The maximum atomic E-state index is 11.9. The Labute approximate surface area is 131 Å². The number of ether oxygens (including phenoxy) is 2. The number of nitrogens with zero attached hydrogens (tertiary/aromatic N) is 1. The second-order valence-electron chi connectivity index (χ2n) is 4.98. The summed E-state index contributed by atoms with van der Waals surface area (Å²) in [6.45, 7) is 3.41. The van der Waals surface area contributed by atoms with E-state index in [-0.39, 0.29) is 5.75 Å². The van der Waals surface area contributed by atoms with E-state index in [2.05, 4.69) is 0 Å². The summed E-state index contributed by atoms with van der Waals surface area (Å²) in [5, 5.41) is 0. The second kappa shape index (κ2) is 8.14. The van der Waals surface area contributed by atoms with Crippen LogP contribution >= 0.6 is 0 Å². The number of hydrogen-bond donors (Lipinski definition) is 0. The smallest absolute Gasteiger partial charge is 0.338 e. The van der Waals surface area contributed by atoms with Gasteiger partial charge < -0.3 is 9.47 Å². The van der Waals surface area contributed by atoms with Crippen molar-refractivity contribution in [1.82, 2.24) is 4.90 Å². The lowest BCUT2D eigenvalue weighted by Gasteiger charge is -2.22. The van der Waals surface area contributed by atoms with Crippen molar-refractivity contribution in [3.05, 3.63) is 29.3 Å². The summed E-state index contributed by atoms with van der Waals surface area (Å²) < 4.78 is 32.8. The molecule has 0 heterocycles. The minimum Gasteiger partial charge on any atom is -0.496 e. The summed E-state index contributed by atoms with van der Waals surface area (Å²) >= 11 is 0. The number of methoxy groups -OCH3 is 2. The lowest BCUT2D eigenvalue weighted by atomic mass is 10.1. The van der Waals surface area contributed by atoms with E-state index in [9.17, 15) is 13.2 Å². The first-order chi connectivity index (χ1) is 10.3. The van der Waals surface area contributed by atoms with E-state index < -0.39 is 15.8 Å². The quantitative estimate of drug-likeness (QED) is 0.670. The van der Waals surface area contributed by atoms with Gasteiger partial charge in [-0.05, 0) is 18.7 Å². The van der Waals surface area contributed by atoms with Gasteiger partial charge in [0.15, 0.2) is 0 Å². The van der Waals surface area contributed by atoms with E-state index in [4.69, 9.17) is 9.47 Å². The third-order valence-corrected chi connectivity index (χ3v) is 4.29. The van der Waals surface area contributed by atoms with Gasteiger partial charge in [-0.25, -0.2) is 13.2 Å². The highest BCUT2D eigenvalue weighted by atomic mass is 32.2. The predicted octanol–water partition coefficient (Wildman–Crippen LogP) is 1.35. The van der Waals surface area contributed by atoms with Crippen molar-refractivity contribution in [2.45, 2.75) is 13.5 Å². The molecule has 0 N–H and O–H groups in total. The summed E-state index contributed by atoms with van der Waals surface area (Å²) in [6, 6.07) is 5.17. The van der Waals surface area contributed by atoms with Gasteiger partial charge >= 0.3 is 5.97 Å². The number of esters is 1. The zero-order valence-electron chi connectivity index (χ0n) is 13.5. The predicted molar refractivity (Wildman–Crippen MR) is 85.0 cm³/mol. The maximum absolute atomic E-state index is 11.9. The minimum absolute atomic E-state index is 0.0730.